The third kappa shape index (κ3) is 2.65. The highest BCUT2D eigenvalue weighted by atomic mass is 15.5. The van der Waals surface area contributed by atoms with E-state index in [0.717, 1.165) is 0 Å². The molecular weight excluding hydrogens is 284 g/mol. The van der Waals surface area contributed by atoms with Crippen molar-refractivity contribution in [3.63, 3.8) is 0 Å². The fraction of sp³-hybridized carbons (Fsp3) is 0. The zero-order chi connectivity index (χ0) is 15.4. The molecule has 0 aliphatic heterocycles. The Balaban J connectivity index is 1.98. The number of pyridine rings is 2. The third-order valence-corrected chi connectivity index (χ3v) is 2.77. The maximum absolute atomic E-state index is 7.71. The topological polar surface area (TPSA) is 152 Å². The molecule has 0 atom stereocenters. The van der Waals surface area contributed by atoms with Crippen molar-refractivity contribution in [1.82, 2.24) is 36.0 Å². The number of hydrogen-bond acceptors (Lipinski definition) is 8. The van der Waals surface area contributed by atoms with E-state index in [9.17, 15) is 0 Å². The first-order valence-corrected chi connectivity index (χ1v) is 6.18. The van der Waals surface area contributed by atoms with Crippen LogP contribution in [0, 0.1) is 10.9 Å². The van der Waals surface area contributed by atoms with Gasteiger partial charge in [0, 0.05) is 0 Å². The van der Waals surface area contributed by atoms with E-state index in [1.807, 2.05) is 6.07 Å². The van der Waals surface area contributed by atoms with Crippen LogP contribution in [-0.2, 0) is 0 Å². The molecule has 22 heavy (non-hydrogen) atoms. The molecule has 3 aromatic heterocycles. The van der Waals surface area contributed by atoms with Crippen LogP contribution in [0.15, 0.2) is 41.6 Å². The van der Waals surface area contributed by atoms with Gasteiger partial charge in [-0.1, -0.05) is 17.4 Å². The molecule has 108 valence electrons. The minimum absolute atomic E-state index is 0.0626. The maximum atomic E-state index is 7.71. The van der Waals surface area contributed by atoms with Gasteiger partial charge in [-0.2, -0.15) is 5.53 Å². The Morgan fingerprint density at radius 2 is 1.77 bits per heavy atom. The van der Waals surface area contributed by atoms with Crippen LogP contribution < -0.4 is 5.43 Å². The Hall–Kier alpha value is -3.56. The van der Waals surface area contributed by atoms with Gasteiger partial charge in [-0.15, -0.1) is 5.10 Å². The van der Waals surface area contributed by atoms with Crippen LogP contribution >= 0.6 is 0 Å². The Morgan fingerprint density at radius 3 is 2.50 bits per heavy atom. The van der Waals surface area contributed by atoms with Crippen LogP contribution in [0.2, 0.25) is 0 Å². The molecule has 3 aromatic rings. The lowest BCUT2D eigenvalue weighted by molar-refractivity contribution is 0.857. The largest absolute Gasteiger partial charge is 0.281 e. The monoisotopic (exact) mass is 294 g/mol. The van der Waals surface area contributed by atoms with Crippen molar-refractivity contribution >= 4 is 5.84 Å². The molecule has 0 aromatic carbocycles. The summed E-state index contributed by atoms with van der Waals surface area (Å²) < 4.78 is 0. The Morgan fingerprint density at radius 1 is 1.05 bits per heavy atom. The molecule has 4 N–H and O–H groups in total. The van der Waals surface area contributed by atoms with Gasteiger partial charge in [-0.3, -0.25) is 5.41 Å². The first-order chi connectivity index (χ1) is 10.8. The van der Waals surface area contributed by atoms with Gasteiger partial charge in [0.1, 0.15) is 11.4 Å². The van der Waals surface area contributed by atoms with Crippen molar-refractivity contribution in [2.75, 3.05) is 0 Å². The van der Waals surface area contributed by atoms with Crippen LogP contribution in [-0.4, -0.2) is 36.4 Å². The first-order valence-electron chi connectivity index (χ1n) is 6.18. The van der Waals surface area contributed by atoms with Gasteiger partial charge in [0.25, 0.3) is 0 Å². The number of aromatic nitrogens is 6. The molecule has 0 saturated heterocycles. The second-order valence-electron chi connectivity index (χ2n) is 4.16. The van der Waals surface area contributed by atoms with Crippen molar-refractivity contribution in [2.24, 2.45) is 5.22 Å². The minimum Gasteiger partial charge on any atom is -0.281 e. The molecular formula is C12H10N10. The summed E-state index contributed by atoms with van der Waals surface area (Å²) >= 11 is 0. The van der Waals surface area contributed by atoms with Crippen LogP contribution in [0.25, 0.3) is 22.9 Å². The minimum atomic E-state index is -0.0626. The van der Waals surface area contributed by atoms with Crippen molar-refractivity contribution in [2.45, 2.75) is 0 Å². The Bertz CT molecular complexity index is 810. The van der Waals surface area contributed by atoms with E-state index in [0.29, 0.717) is 28.6 Å². The zero-order valence-corrected chi connectivity index (χ0v) is 11.1. The Kier molecular flexibility index (Phi) is 3.56. The summed E-state index contributed by atoms with van der Waals surface area (Å²) in [6.07, 6.45) is 0. The van der Waals surface area contributed by atoms with Crippen molar-refractivity contribution in [3.05, 3.63) is 42.1 Å². The van der Waals surface area contributed by atoms with Crippen LogP contribution in [0.5, 0.6) is 0 Å². The standard InChI is InChI=1S/C12H10N10/c13-11(17-20-14)9-5-1-3-7(15-9)8-4-2-6-10(16-8)12-18-21-22-19-12/h1-6H,(H3,13,14,17)(H,18,19,21,22). The second-order valence-corrected chi connectivity index (χ2v) is 4.16. The Labute approximate surface area is 124 Å². The molecule has 10 heteroatoms. The smallest absolute Gasteiger partial charge is 0.198 e. The highest BCUT2D eigenvalue weighted by Gasteiger charge is 2.09. The molecule has 0 bridgehead atoms. The molecule has 3 heterocycles. The number of nitrogens with zero attached hydrogens (tertiary/aromatic N) is 6. The lowest BCUT2D eigenvalue weighted by atomic mass is 10.2. The molecule has 0 saturated carbocycles. The molecule has 10 nitrogen and oxygen atoms in total. The number of nitrogens with one attached hydrogen (secondary N) is 4. The van der Waals surface area contributed by atoms with Gasteiger partial charge < -0.3 is 0 Å². The molecule has 0 aliphatic carbocycles. The lowest BCUT2D eigenvalue weighted by Gasteiger charge is -2.05. The summed E-state index contributed by atoms with van der Waals surface area (Å²) in [6.45, 7) is 0. The average molecular weight is 294 g/mol. The van der Waals surface area contributed by atoms with Crippen LogP contribution in [0.3, 0.4) is 0 Å². The second kappa shape index (κ2) is 5.83. The normalized spacial score (nSPS) is 10.2. The summed E-state index contributed by atoms with van der Waals surface area (Å²) in [4.78, 5) is 8.77. The number of H-pyrrole nitrogens is 1. The fourth-order valence-electron chi connectivity index (χ4n) is 1.81. The van der Waals surface area contributed by atoms with Crippen molar-refractivity contribution in [3.8, 4) is 22.9 Å². The number of hydrogen-bond donors (Lipinski definition) is 4. The number of amidine groups is 1. The van der Waals surface area contributed by atoms with E-state index in [-0.39, 0.29) is 5.84 Å². The molecule has 0 unspecified atom stereocenters. The maximum Gasteiger partial charge on any atom is 0.198 e. The molecule has 0 amide bonds. The SMILES string of the molecule is N=NNC(=N)c1cccc(-c2cccc(-c3nnn[nH]3)n2)n1. The zero-order valence-electron chi connectivity index (χ0n) is 11.1. The van der Waals surface area contributed by atoms with E-state index in [4.69, 9.17) is 10.9 Å². The van der Waals surface area contributed by atoms with E-state index in [1.54, 1.807) is 30.3 Å². The summed E-state index contributed by atoms with van der Waals surface area (Å²) in [5.41, 5.74) is 11.1. The highest BCUT2D eigenvalue weighted by molar-refractivity contribution is 5.94. The van der Waals surface area contributed by atoms with Crippen molar-refractivity contribution < 1.29 is 0 Å². The first kappa shape index (κ1) is 13.4. The van der Waals surface area contributed by atoms with Gasteiger partial charge in [-0.25, -0.2) is 20.5 Å². The summed E-state index contributed by atoms with van der Waals surface area (Å²) in [5.74, 6) is 0.396. The van der Waals surface area contributed by atoms with E-state index in [1.165, 1.54) is 0 Å². The van der Waals surface area contributed by atoms with Gasteiger partial charge in [-0.05, 0) is 34.7 Å². The van der Waals surface area contributed by atoms with Gasteiger partial charge in [0.15, 0.2) is 11.7 Å². The van der Waals surface area contributed by atoms with Gasteiger partial charge in [0.2, 0.25) is 0 Å². The summed E-state index contributed by atoms with van der Waals surface area (Å²) in [7, 11) is 0. The predicted octanol–water partition coefficient (Wildman–Crippen LogP) is 1.18. The highest BCUT2D eigenvalue weighted by Crippen LogP contribution is 2.18. The van der Waals surface area contributed by atoms with E-state index < -0.39 is 0 Å². The fourth-order valence-corrected chi connectivity index (χ4v) is 1.81. The number of tetrazole rings is 1. The molecule has 3 rings (SSSR count). The predicted molar refractivity (Wildman–Crippen MR) is 75.8 cm³/mol. The molecule has 0 spiro atoms. The van der Waals surface area contributed by atoms with Gasteiger partial charge >= 0.3 is 0 Å². The number of rotatable bonds is 4. The average Bonchev–Trinajstić information content (AvgIpc) is 3.10. The van der Waals surface area contributed by atoms with Crippen LogP contribution in [0.4, 0.5) is 0 Å². The summed E-state index contributed by atoms with van der Waals surface area (Å²) in [5, 5.41) is 24.2. The quantitative estimate of drug-likeness (QED) is 0.245. The van der Waals surface area contributed by atoms with E-state index in [2.05, 4.69) is 41.2 Å². The third-order valence-electron chi connectivity index (χ3n) is 2.77. The molecule has 0 radical (unpaired) electrons. The lowest BCUT2D eigenvalue weighted by Crippen LogP contribution is -2.18. The molecule has 0 aliphatic rings. The van der Waals surface area contributed by atoms with E-state index >= 15 is 0 Å². The molecule has 0 fully saturated rings. The van der Waals surface area contributed by atoms with Crippen LogP contribution in [0.1, 0.15) is 5.69 Å². The summed E-state index contributed by atoms with van der Waals surface area (Å²) in [6, 6.07) is 10.6. The number of aromatic amines is 1. The van der Waals surface area contributed by atoms with Gasteiger partial charge in [0.05, 0.1) is 11.4 Å². The van der Waals surface area contributed by atoms with Crippen molar-refractivity contribution in [1.29, 1.82) is 10.9 Å².